The van der Waals surface area contributed by atoms with Gasteiger partial charge in [-0.15, -0.1) is 0 Å². The van der Waals surface area contributed by atoms with E-state index in [2.05, 4.69) is 33.9 Å². The quantitative estimate of drug-likeness (QED) is 0.634. The van der Waals surface area contributed by atoms with E-state index in [1.165, 1.54) is 11.9 Å². The Morgan fingerprint density at radius 3 is 2.19 bits per heavy atom. The number of anilines is 2. The van der Waals surface area contributed by atoms with E-state index in [1.54, 1.807) is 11.0 Å². The van der Waals surface area contributed by atoms with Gasteiger partial charge in [0.05, 0.1) is 0 Å². The van der Waals surface area contributed by atoms with Gasteiger partial charge < -0.3 is 9.80 Å². The highest BCUT2D eigenvalue weighted by Crippen LogP contribution is 2.19. The molecule has 138 valence electrons. The first kappa shape index (κ1) is 18.6. The molecule has 3 rings (SSSR count). The molecule has 1 heterocycles. The molecule has 0 bridgehead atoms. The Bertz CT molecular complexity index is 868. The molecule has 1 amide bonds. The molecule has 0 radical (unpaired) electrons. The Hall–Kier alpha value is -3.21. The summed E-state index contributed by atoms with van der Waals surface area (Å²) in [6.07, 6.45) is 1.47. The van der Waals surface area contributed by atoms with Gasteiger partial charge in [-0.05, 0) is 31.5 Å². The molecule has 0 aliphatic rings. The van der Waals surface area contributed by atoms with Crippen molar-refractivity contribution >= 4 is 17.4 Å². The van der Waals surface area contributed by atoms with Crippen molar-refractivity contribution in [1.82, 2.24) is 9.97 Å². The first-order valence-electron chi connectivity index (χ1n) is 9.20. The summed E-state index contributed by atoms with van der Waals surface area (Å²) in [5.74, 6) is 0.631. The minimum absolute atomic E-state index is 0.122. The molecular weight excluding hydrogens is 336 g/mol. The predicted octanol–water partition coefficient (Wildman–Crippen LogP) is 4.17. The molecule has 0 atom stereocenters. The van der Waals surface area contributed by atoms with Crippen molar-refractivity contribution in [2.24, 2.45) is 0 Å². The van der Waals surface area contributed by atoms with Gasteiger partial charge in [0, 0.05) is 31.4 Å². The molecule has 0 saturated heterocycles. The molecular formula is C22H24N4O. The summed E-state index contributed by atoms with van der Waals surface area (Å²) < 4.78 is 0. The van der Waals surface area contributed by atoms with Crippen molar-refractivity contribution < 1.29 is 4.79 Å². The van der Waals surface area contributed by atoms with Gasteiger partial charge in [-0.3, -0.25) is 4.79 Å². The summed E-state index contributed by atoms with van der Waals surface area (Å²) >= 11 is 0. The van der Waals surface area contributed by atoms with Crippen LogP contribution in [0.4, 0.5) is 11.5 Å². The number of carbonyl (C=O) groups is 1. The maximum atomic E-state index is 13.0. The molecule has 1 aromatic heterocycles. The van der Waals surface area contributed by atoms with Crippen LogP contribution in [0.1, 0.15) is 29.9 Å². The highest BCUT2D eigenvalue weighted by atomic mass is 16.2. The van der Waals surface area contributed by atoms with Crippen LogP contribution in [0.15, 0.2) is 73.1 Å². The van der Waals surface area contributed by atoms with Gasteiger partial charge in [-0.2, -0.15) is 0 Å². The molecule has 3 aromatic rings. The van der Waals surface area contributed by atoms with E-state index in [0.29, 0.717) is 12.2 Å². The van der Waals surface area contributed by atoms with Crippen molar-refractivity contribution in [3.63, 3.8) is 0 Å². The van der Waals surface area contributed by atoms with Gasteiger partial charge in [0.1, 0.15) is 17.8 Å². The fourth-order valence-corrected chi connectivity index (χ4v) is 2.99. The minimum Gasteiger partial charge on any atom is -0.352 e. The molecule has 0 spiro atoms. The van der Waals surface area contributed by atoms with Crippen molar-refractivity contribution in [1.29, 1.82) is 0 Å². The highest BCUT2D eigenvalue weighted by molar-refractivity contribution is 6.05. The first-order valence-corrected chi connectivity index (χ1v) is 9.20. The Morgan fingerprint density at radius 2 is 1.56 bits per heavy atom. The maximum absolute atomic E-state index is 13.0. The molecule has 0 unspecified atom stereocenters. The van der Waals surface area contributed by atoms with Gasteiger partial charge in [-0.25, -0.2) is 9.97 Å². The fraction of sp³-hybridized carbons (Fsp3) is 0.227. The summed E-state index contributed by atoms with van der Waals surface area (Å²) in [5, 5.41) is 0. The van der Waals surface area contributed by atoms with Crippen LogP contribution < -0.4 is 9.80 Å². The van der Waals surface area contributed by atoms with E-state index in [9.17, 15) is 4.79 Å². The summed E-state index contributed by atoms with van der Waals surface area (Å²) in [4.78, 5) is 25.5. The van der Waals surface area contributed by atoms with Crippen LogP contribution in [0.3, 0.4) is 0 Å². The molecule has 0 aliphatic heterocycles. The molecule has 0 N–H and O–H groups in total. The van der Waals surface area contributed by atoms with Crippen LogP contribution in [0.5, 0.6) is 0 Å². The number of benzene rings is 2. The summed E-state index contributed by atoms with van der Waals surface area (Å²) in [5.41, 5.74) is 2.46. The Kier molecular flexibility index (Phi) is 6.15. The standard InChI is InChI=1S/C22H24N4O/c1-3-25(16-18-11-7-5-8-12-18)21-15-20(23-17-24-21)22(27)26(4-2)19-13-9-6-10-14-19/h5-15,17H,3-4,16H2,1-2H3. The highest BCUT2D eigenvalue weighted by Gasteiger charge is 2.19. The normalized spacial score (nSPS) is 10.4. The second-order valence-corrected chi connectivity index (χ2v) is 6.15. The zero-order valence-corrected chi connectivity index (χ0v) is 15.7. The second-order valence-electron chi connectivity index (χ2n) is 6.15. The average molecular weight is 360 g/mol. The van der Waals surface area contributed by atoms with Gasteiger partial charge in [0.25, 0.3) is 5.91 Å². The number of nitrogens with zero attached hydrogens (tertiary/aromatic N) is 4. The lowest BCUT2D eigenvalue weighted by atomic mass is 10.2. The van der Waals surface area contributed by atoms with E-state index in [0.717, 1.165) is 24.6 Å². The number of hydrogen-bond acceptors (Lipinski definition) is 4. The van der Waals surface area contributed by atoms with Crippen LogP contribution in [0.2, 0.25) is 0 Å². The molecule has 5 heteroatoms. The average Bonchev–Trinajstić information content (AvgIpc) is 2.74. The number of rotatable bonds is 7. The fourth-order valence-electron chi connectivity index (χ4n) is 2.99. The van der Waals surface area contributed by atoms with Crippen LogP contribution >= 0.6 is 0 Å². The molecule has 0 fully saturated rings. The Morgan fingerprint density at radius 1 is 0.889 bits per heavy atom. The number of hydrogen-bond donors (Lipinski definition) is 0. The minimum atomic E-state index is -0.122. The summed E-state index contributed by atoms with van der Waals surface area (Å²) in [7, 11) is 0. The number of aromatic nitrogens is 2. The van der Waals surface area contributed by atoms with Gasteiger partial charge >= 0.3 is 0 Å². The van der Waals surface area contributed by atoms with Crippen molar-refractivity contribution in [3.05, 3.63) is 84.3 Å². The number of carbonyl (C=O) groups excluding carboxylic acids is 1. The lowest BCUT2D eigenvalue weighted by molar-refractivity contribution is 0.0983. The molecule has 2 aromatic carbocycles. The lowest BCUT2D eigenvalue weighted by Gasteiger charge is -2.24. The van der Waals surface area contributed by atoms with Crippen LogP contribution in [0, 0.1) is 0 Å². The van der Waals surface area contributed by atoms with E-state index >= 15 is 0 Å². The van der Waals surface area contributed by atoms with Crippen molar-refractivity contribution in [3.8, 4) is 0 Å². The smallest absolute Gasteiger partial charge is 0.277 e. The van der Waals surface area contributed by atoms with Crippen LogP contribution in [0.25, 0.3) is 0 Å². The SMILES string of the molecule is CCN(Cc1ccccc1)c1cc(C(=O)N(CC)c2ccccc2)ncn1. The lowest BCUT2D eigenvalue weighted by Crippen LogP contribution is -2.32. The van der Waals surface area contributed by atoms with Crippen LogP contribution in [-0.2, 0) is 6.54 Å². The van der Waals surface area contributed by atoms with Crippen molar-refractivity contribution in [2.45, 2.75) is 20.4 Å². The Balaban J connectivity index is 1.84. The van der Waals surface area contributed by atoms with Crippen molar-refractivity contribution in [2.75, 3.05) is 22.9 Å². The van der Waals surface area contributed by atoms with E-state index in [1.807, 2.05) is 55.5 Å². The third-order valence-corrected chi connectivity index (χ3v) is 4.42. The summed E-state index contributed by atoms with van der Waals surface area (Å²) in [6.45, 7) is 6.13. The number of para-hydroxylation sites is 1. The second kappa shape index (κ2) is 8.94. The van der Waals surface area contributed by atoms with E-state index in [-0.39, 0.29) is 5.91 Å². The van der Waals surface area contributed by atoms with Crippen LogP contribution in [-0.4, -0.2) is 29.0 Å². The number of amides is 1. The third-order valence-electron chi connectivity index (χ3n) is 4.42. The molecule has 27 heavy (non-hydrogen) atoms. The van der Waals surface area contributed by atoms with Gasteiger partial charge in [-0.1, -0.05) is 48.5 Å². The van der Waals surface area contributed by atoms with Gasteiger partial charge in [0.2, 0.25) is 0 Å². The molecule has 5 nitrogen and oxygen atoms in total. The third kappa shape index (κ3) is 4.50. The largest absolute Gasteiger partial charge is 0.352 e. The van der Waals surface area contributed by atoms with E-state index in [4.69, 9.17) is 0 Å². The maximum Gasteiger partial charge on any atom is 0.277 e. The Labute approximate surface area is 160 Å². The predicted molar refractivity (Wildman–Crippen MR) is 109 cm³/mol. The summed E-state index contributed by atoms with van der Waals surface area (Å²) in [6, 6.07) is 21.7. The molecule has 0 saturated carbocycles. The van der Waals surface area contributed by atoms with E-state index < -0.39 is 0 Å². The van der Waals surface area contributed by atoms with Gasteiger partial charge in [0.15, 0.2) is 0 Å². The zero-order chi connectivity index (χ0) is 19.1. The first-order chi connectivity index (χ1) is 13.2. The molecule has 0 aliphatic carbocycles. The zero-order valence-electron chi connectivity index (χ0n) is 15.7. The topological polar surface area (TPSA) is 49.3 Å². The monoisotopic (exact) mass is 360 g/mol.